The molecular formula is C17H23N5O2. The number of rotatable bonds is 6. The number of aliphatic hydroxyl groups is 1. The number of β-amino-alcohol motifs (C(OH)–C–C–N with tert-alkyl or cyclic N) is 1. The number of aromatic nitrogens is 3. The fourth-order valence-electron chi connectivity index (χ4n) is 3.09. The third-order valence-electron chi connectivity index (χ3n) is 4.41. The number of amides is 1. The number of nitrogens with zero attached hydrogens (tertiary/aromatic N) is 5. The van der Waals surface area contributed by atoms with Crippen molar-refractivity contribution in [1.29, 1.82) is 0 Å². The summed E-state index contributed by atoms with van der Waals surface area (Å²) in [5, 5.41) is 10.8. The highest BCUT2D eigenvalue weighted by atomic mass is 16.3. The lowest BCUT2D eigenvalue weighted by Crippen LogP contribution is -2.46. The van der Waals surface area contributed by atoms with Crippen LogP contribution in [0.1, 0.15) is 12.8 Å². The number of imidazole rings is 1. The van der Waals surface area contributed by atoms with Crippen LogP contribution >= 0.6 is 0 Å². The summed E-state index contributed by atoms with van der Waals surface area (Å²) in [7, 11) is 1.75. The van der Waals surface area contributed by atoms with Crippen molar-refractivity contribution < 1.29 is 9.90 Å². The zero-order valence-corrected chi connectivity index (χ0v) is 13.9. The number of hydrogen-bond donors (Lipinski definition) is 1. The number of carbonyl (C=O) groups excluding carboxylic acids is 1. The van der Waals surface area contributed by atoms with Crippen molar-refractivity contribution in [3.8, 4) is 0 Å². The molecule has 7 heteroatoms. The van der Waals surface area contributed by atoms with Gasteiger partial charge < -0.3 is 19.5 Å². The number of likely N-dealkylation sites (N-methyl/N-ethyl adjacent to an activating group) is 1. The molecule has 0 spiro atoms. The van der Waals surface area contributed by atoms with Crippen LogP contribution in [0.15, 0.2) is 43.1 Å². The number of anilines is 1. The molecular weight excluding hydrogens is 306 g/mol. The highest BCUT2D eigenvalue weighted by molar-refractivity contribution is 5.75. The van der Waals surface area contributed by atoms with Crippen molar-refractivity contribution in [1.82, 2.24) is 19.4 Å². The smallest absolute Gasteiger partial charge is 0.224 e. The van der Waals surface area contributed by atoms with Gasteiger partial charge in [0.1, 0.15) is 11.4 Å². The molecule has 0 unspecified atom stereocenters. The number of hydrogen-bond acceptors (Lipinski definition) is 5. The van der Waals surface area contributed by atoms with Gasteiger partial charge in [-0.25, -0.2) is 9.97 Å². The molecule has 2 aromatic heterocycles. The molecule has 0 aliphatic carbocycles. The first-order valence-electron chi connectivity index (χ1n) is 8.14. The molecule has 1 saturated heterocycles. The summed E-state index contributed by atoms with van der Waals surface area (Å²) in [6.07, 6.45) is 8.00. The van der Waals surface area contributed by atoms with Gasteiger partial charge in [0.2, 0.25) is 5.91 Å². The molecule has 128 valence electrons. The van der Waals surface area contributed by atoms with E-state index in [-0.39, 0.29) is 5.91 Å². The molecule has 1 atom stereocenters. The maximum Gasteiger partial charge on any atom is 0.224 e. The van der Waals surface area contributed by atoms with Crippen molar-refractivity contribution in [2.45, 2.75) is 25.0 Å². The van der Waals surface area contributed by atoms with E-state index in [0.717, 1.165) is 12.4 Å². The van der Waals surface area contributed by atoms with E-state index < -0.39 is 5.60 Å². The third-order valence-corrected chi connectivity index (χ3v) is 4.41. The summed E-state index contributed by atoms with van der Waals surface area (Å²) in [4.78, 5) is 24.2. The van der Waals surface area contributed by atoms with Gasteiger partial charge in [0.05, 0.1) is 12.9 Å². The van der Waals surface area contributed by atoms with Gasteiger partial charge in [-0.1, -0.05) is 6.07 Å². The van der Waals surface area contributed by atoms with Gasteiger partial charge in [0.15, 0.2) is 0 Å². The molecule has 0 aromatic carbocycles. The lowest BCUT2D eigenvalue weighted by atomic mass is 10.0. The Morgan fingerprint density at radius 1 is 1.42 bits per heavy atom. The van der Waals surface area contributed by atoms with Crippen molar-refractivity contribution in [3.63, 3.8) is 0 Å². The first kappa shape index (κ1) is 16.4. The Bertz CT molecular complexity index is 661. The summed E-state index contributed by atoms with van der Waals surface area (Å²) in [5.74, 6) is 0.885. The van der Waals surface area contributed by atoms with Crippen LogP contribution in [0.25, 0.3) is 0 Å². The van der Waals surface area contributed by atoms with Gasteiger partial charge >= 0.3 is 0 Å². The number of pyridine rings is 1. The zero-order chi connectivity index (χ0) is 17.0. The normalized spacial score (nSPS) is 20.3. The second-order valence-electron chi connectivity index (χ2n) is 6.38. The van der Waals surface area contributed by atoms with Crippen LogP contribution in [0.2, 0.25) is 0 Å². The lowest BCUT2D eigenvalue weighted by molar-refractivity contribution is -0.133. The molecule has 1 fully saturated rings. The van der Waals surface area contributed by atoms with Gasteiger partial charge in [-0.3, -0.25) is 4.79 Å². The number of aryl methyl sites for hydroxylation is 1. The Morgan fingerprint density at radius 3 is 3.00 bits per heavy atom. The van der Waals surface area contributed by atoms with Crippen molar-refractivity contribution in [2.24, 2.45) is 0 Å². The molecule has 1 aliphatic heterocycles. The minimum Gasteiger partial charge on any atom is -0.386 e. The van der Waals surface area contributed by atoms with E-state index in [0.29, 0.717) is 32.5 Å². The fraction of sp³-hybridized carbons (Fsp3) is 0.471. The van der Waals surface area contributed by atoms with Crippen LogP contribution in [0, 0.1) is 0 Å². The monoisotopic (exact) mass is 329 g/mol. The van der Waals surface area contributed by atoms with E-state index in [1.807, 2.05) is 29.0 Å². The van der Waals surface area contributed by atoms with Crippen molar-refractivity contribution in [2.75, 3.05) is 31.6 Å². The van der Waals surface area contributed by atoms with Crippen LogP contribution in [-0.4, -0.2) is 62.7 Å². The van der Waals surface area contributed by atoms with Gasteiger partial charge in [0, 0.05) is 51.7 Å². The topological polar surface area (TPSA) is 74.5 Å². The minimum atomic E-state index is -0.892. The summed E-state index contributed by atoms with van der Waals surface area (Å²) < 4.78 is 1.87. The van der Waals surface area contributed by atoms with E-state index in [9.17, 15) is 9.90 Å². The molecule has 7 nitrogen and oxygen atoms in total. The molecule has 0 bridgehead atoms. The quantitative estimate of drug-likeness (QED) is 0.847. The van der Waals surface area contributed by atoms with Crippen LogP contribution < -0.4 is 4.90 Å². The average molecular weight is 329 g/mol. The van der Waals surface area contributed by atoms with Gasteiger partial charge in [0.25, 0.3) is 0 Å². The van der Waals surface area contributed by atoms with Gasteiger partial charge in [-0.05, 0) is 18.6 Å². The van der Waals surface area contributed by atoms with E-state index in [1.165, 1.54) is 0 Å². The Morgan fingerprint density at radius 2 is 2.29 bits per heavy atom. The van der Waals surface area contributed by atoms with Gasteiger partial charge in [-0.15, -0.1) is 0 Å². The predicted molar refractivity (Wildman–Crippen MR) is 90.5 cm³/mol. The Balaban J connectivity index is 1.52. The maximum atomic E-state index is 12.3. The molecule has 3 rings (SSSR count). The van der Waals surface area contributed by atoms with E-state index >= 15 is 0 Å². The Hall–Kier alpha value is -2.41. The van der Waals surface area contributed by atoms with Crippen LogP contribution in [0.3, 0.4) is 0 Å². The first-order chi connectivity index (χ1) is 11.6. The molecule has 1 N–H and O–H groups in total. The molecule has 3 heterocycles. The molecule has 1 aliphatic rings. The highest BCUT2D eigenvalue weighted by Gasteiger charge is 2.38. The highest BCUT2D eigenvalue weighted by Crippen LogP contribution is 2.26. The average Bonchev–Trinajstić information content (AvgIpc) is 3.23. The van der Waals surface area contributed by atoms with E-state index in [1.54, 1.807) is 30.7 Å². The predicted octanol–water partition coefficient (Wildman–Crippen LogP) is 0.768. The largest absolute Gasteiger partial charge is 0.386 e. The molecule has 1 amide bonds. The Kier molecular flexibility index (Phi) is 4.80. The summed E-state index contributed by atoms with van der Waals surface area (Å²) in [5.41, 5.74) is -0.892. The van der Waals surface area contributed by atoms with E-state index in [4.69, 9.17) is 0 Å². The van der Waals surface area contributed by atoms with E-state index in [2.05, 4.69) is 14.9 Å². The molecule has 0 radical (unpaired) electrons. The summed E-state index contributed by atoms with van der Waals surface area (Å²) in [6.45, 7) is 2.16. The van der Waals surface area contributed by atoms with Crippen LogP contribution in [-0.2, 0) is 11.3 Å². The second-order valence-corrected chi connectivity index (χ2v) is 6.38. The van der Waals surface area contributed by atoms with Crippen molar-refractivity contribution >= 4 is 11.7 Å². The Labute approximate surface area is 141 Å². The van der Waals surface area contributed by atoms with Crippen LogP contribution in [0.4, 0.5) is 5.82 Å². The molecule has 24 heavy (non-hydrogen) atoms. The van der Waals surface area contributed by atoms with Crippen LogP contribution in [0.5, 0.6) is 0 Å². The van der Waals surface area contributed by atoms with Gasteiger partial charge in [-0.2, -0.15) is 0 Å². The molecule has 2 aromatic rings. The van der Waals surface area contributed by atoms with Crippen molar-refractivity contribution in [3.05, 3.63) is 43.1 Å². The lowest BCUT2D eigenvalue weighted by Gasteiger charge is -2.29. The minimum absolute atomic E-state index is 0.0217. The summed E-state index contributed by atoms with van der Waals surface area (Å²) >= 11 is 0. The number of carbonyl (C=O) groups is 1. The zero-order valence-electron chi connectivity index (χ0n) is 13.9. The SMILES string of the molecule is CN(C[C@]1(O)CCN(c2ccccn2)C1)C(=O)CCn1ccnc1. The maximum absolute atomic E-state index is 12.3. The summed E-state index contributed by atoms with van der Waals surface area (Å²) in [6, 6.07) is 5.75. The third kappa shape index (κ3) is 3.91. The second kappa shape index (κ2) is 7.00. The first-order valence-corrected chi connectivity index (χ1v) is 8.14. The molecule has 0 saturated carbocycles. The fourth-order valence-corrected chi connectivity index (χ4v) is 3.09. The standard InChI is InChI=1S/C17H23N5O2/c1-20(16(23)5-9-21-11-8-18-14-21)12-17(24)6-10-22(13-17)15-4-2-3-7-19-15/h2-4,7-8,11,14,24H,5-6,9-10,12-13H2,1H3/t17-/m1/s1.